The maximum absolute atomic E-state index is 5.21. The molecule has 17 heavy (non-hydrogen) atoms. The molecule has 96 valence electrons. The summed E-state index contributed by atoms with van der Waals surface area (Å²) < 4.78 is 5.21. The van der Waals surface area contributed by atoms with Gasteiger partial charge >= 0.3 is 0 Å². The number of nitrogens with zero attached hydrogens (tertiary/aromatic N) is 3. The van der Waals surface area contributed by atoms with Crippen LogP contribution in [0.25, 0.3) is 0 Å². The molecule has 0 bridgehead atoms. The van der Waals surface area contributed by atoms with Gasteiger partial charge in [-0.1, -0.05) is 12.1 Å². The zero-order chi connectivity index (χ0) is 12.1. The van der Waals surface area contributed by atoms with Crippen molar-refractivity contribution < 1.29 is 4.52 Å². The van der Waals surface area contributed by atoms with E-state index >= 15 is 0 Å². The van der Waals surface area contributed by atoms with E-state index in [9.17, 15) is 0 Å². The summed E-state index contributed by atoms with van der Waals surface area (Å²) in [6.45, 7) is 4.37. The predicted octanol–water partition coefficient (Wildman–Crippen LogP) is 2.52. The standard InChI is InChI=1S/C12H21N3OS/c1-3-11-13-12(14-16-11)10-6-4-7-15(10)8-5-9-17-2/h10H,3-9H2,1-2H3/t10-/m1/s1. The van der Waals surface area contributed by atoms with E-state index in [1.807, 2.05) is 18.7 Å². The molecule has 0 amide bonds. The van der Waals surface area contributed by atoms with Gasteiger partial charge in [-0.3, -0.25) is 4.90 Å². The second kappa shape index (κ2) is 6.40. The maximum Gasteiger partial charge on any atom is 0.226 e. The highest BCUT2D eigenvalue weighted by Gasteiger charge is 2.29. The summed E-state index contributed by atoms with van der Waals surface area (Å²) in [5.41, 5.74) is 0. The Hall–Kier alpha value is -0.550. The van der Waals surface area contributed by atoms with Crippen molar-refractivity contribution in [1.82, 2.24) is 15.0 Å². The van der Waals surface area contributed by atoms with Gasteiger partial charge in [0.2, 0.25) is 5.89 Å². The Morgan fingerprint density at radius 2 is 2.41 bits per heavy atom. The molecular formula is C12H21N3OS. The molecule has 0 radical (unpaired) electrons. The van der Waals surface area contributed by atoms with Crippen molar-refractivity contribution in [2.24, 2.45) is 0 Å². The molecule has 0 unspecified atom stereocenters. The van der Waals surface area contributed by atoms with Gasteiger partial charge in [0.1, 0.15) is 0 Å². The van der Waals surface area contributed by atoms with Crippen molar-refractivity contribution in [1.29, 1.82) is 0 Å². The maximum atomic E-state index is 5.21. The Morgan fingerprint density at radius 1 is 1.53 bits per heavy atom. The van der Waals surface area contributed by atoms with Gasteiger partial charge in [0, 0.05) is 6.42 Å². The second-order valence-electron chi connectivity index (χ2n) is 4.44. The zero-order valence-corrected chi connectivity index (χ0v) is 11.5. The van der Waals surface area contributed by atoms with E-state index in [1.165, 1.54) is 31.6 Å². The molecule has 0 spiro atoms. The molecule has 4 nitrogen and oxygen atoms in total. The molecule has 1 fully saturated rings. The fourth-order valence-electron chi connectivity index (χ4n) is 2.35. The molecule has 1 aromatic rings. The van der Waals surface area contributed by atoms with Crippen LogP contribution in [-0.2, 0) is 6.42 Å². The monoisotopic (exact) mass is 255 g/mol. The summed E-state index contributed by atoms with van der Waals surface area (Å²) in [4.78, 5) is 6.97. The third-order valence-electron chi connectivity index (χ3n) is 3.24. The van der Waals surface area contributed by atoms with Crippen molar-refractivity contribution in [3.63, 3.8) is 0 Å². The van der Waals surface area contributed by atoms with Crippen LogP contribution in [-0.4, -0.2) is 40.1 Å². The van der Waals surface area contributed by atoms with Crippen LogP contribution >= 0.6 is 11.8 Å². The molecule has 0 aromatic carbocycles. The molecular weight excluding hydrogens is 234 g/mol. The van der Waals surface area contributed by atoms with E-state index in [0.717, 1.165) is 24.7 Å². The van der Waals surface area contributed by atoms with E-state index in [-0.39, 0.29) is 0 Å². The first-order chi connectivity index (χ1) is 8.35. The van der Waals surface area contributed by atoms with Gasteiger partial charge in [-0.2, -0.15) is 16.7 Å². The highest BCUT2D eigenvalue weighted by atomic mass is 32.2. The fraction of sp³-hybridized carbons (Fsp3) is 0.833. The van der Waals surface area contributed by atoms with Gasteiger partial charge in [-0.15, -0.1) is 0 Å². The average molecular weight is 255 g/mol. The normalized spacial score (nSPS) is 21.2. The minimum atomic E-state index is 0.390. The number of hydrogen-bond donors (Lipinski definition) is 0. The summed E-state index contributed by atoms with van der Waals surface area (Å²) >= 11 is 1.91. The molecule has 1 saturated heterocycles. The van der Waals surface area contributed by atoms with Gasteiger partial charge in [0.05, 0.1) is 6.04 Å². The fourth-order valence-corrected chi connectivity index (χ4v) is 2.76. The summed E-state index contributed by atoms with van der Waals surface area (Å²) in [6, 6.07) is 0.390. The van der Waals surface area contributed by atoms with Crippen molar-refractivity contribution in [3.05, 3.63) is 11.7 Å². The SMILES string of the molecule is CCc1nc([C@H]2CCCN2CCCSC)no1. The molecule has 0 aliphatic carbocycles. The zero-order valence-electron chi connectivity index (χ0n) is 10.7. The predicted molar refractivity (Wildman–Crippen MR) is 70.2 cm³/mol. The quantitative estimate of drug-likeness (QED) is 0.731. The van der Waals surface area contributed by atoms with E-state index < -0.39 is 0 Å². The van der Waals surface area contributed by atoms with Crippen molar-refractivity contribution in [2.75, 3.05) is 25.1 Å². The largest absolute Gasteiger partial charge is 0.339 e. The molecule has 1 aromatic heterocycles. The lowest BCUT2D eigenvalue weighted by molar-refractivity contribution is 0.243. The Morgan fingerprint density at radius 3 is 3.12 bits per heavy atom. The highest BCUT2D eigenvalue weighted by Crippen LogP contribution is 2.30. The Bertz CT molecular complexity index is 342. The summed E-state index contributed by atoms with van der Waals surface area (Å²) in [5, 5.41) is 4.11. The van der Waals surface area contributed by atoms with Crippen LogP contribution in [0.3, 0.4) is 0 Å². The number of likely N-dealkylation sites (tertiary alicyclic amines) is 1. The van der Waals surface area contributed by atoms with Crippen molar-refractivity contribution >= 4 is 11.8 Å². The molecule has 0 saturated carbocycles. The molecule has 1 atom stereocenters. The molecule has 5 heteroatoms. The first-order valence-electron chi connectivity index (χ1n) is 6.40. The third-order valence-corrected chi connectivity index (χ3v) is 3.94. The number of aryl methyl sites for hydroxylation is 1. The lowest BCUT2D eigenvalue weighted by atomic mass is 10.2. The lowest BCUT2D eigenvalue weighted by Gasteiger charge is -2.21. The number of thioether (sulfide) groups is 1. The van der Waals surface area contributed by atoms with E-state index in [0.29, 0.717) is 6.04 Å². The van der Waals surface area contributed by atoms with E-state index in [2.05, 4.69) is 21.3 Å². The van der Waals surface area contributed by atoms with E-state index in [1.54, 1.807) is 0 Å². The van der Waals surface area contributed by atoms with Crippen LogP contribution < -0.4 is 0 Å². The molecule has 1 aliphatic rings. The van der Waals surface area contributed by atoms with Crippen LogP contribution in [0.15, 0.2) is 4.52 Å². The molecule has 2 heterocycles. The van der Waals surface area contributed by atoms with E-state index in [4.69, 9.17) is 4.52 Å². The van der Waals surface area contributed by atoms with Crippen LogP contribution in [0.5, 0.6) is 0 Å². The minimum Gasteiger partial charge on any atom is -0.339 e. The number of rotatable bonds is 6. The highest BCUT2D eigenvalue weighted by molar-refractivity contribution is 7.98. The summed E-state index contributed by atoms with van der Waals surface area (Å²) in [7, 11) is 0. The molecule has 0 N–H and O–H groups in total. The average Bonchev–Trinajstić information content (AvgIpc) is 2.96. The van der Waals surface area contributed by atoms with Gasteiger partial charge in [-0.25, -0.2) is 0 Å². The Balaban J connectivity index is 1.94. The topological polar surface area (TPSA) is 42.2 Å². The van der Waals surface area contributed by atoms with Gasteiger partial charge in [0.15, 0.2) is 5.82 Å². The smallest absolute Gasteiger partial charge is 0.226 e. The first-order valence-corrected chi connectivity index (χ1v) is 7.80. The summed E-state index contributed by atoms with van der Waals surface area (Å²) in [5.74, 6) is 2.88. The first kappa shape index (κ1) is 12.9. The number of aromatic nitrogens is 2. The lowest BCUT2D eigenvalue weighted by Crippen LogP contribution is -2.25. The van der Waals surface area contributed by atoms with Crippen molar-refractivity contribution in [3.8, 4) is 0 Å². The van der Waals surface area contributed by atoms with Gasteiger partial charge < -0.3 is 4.52 Å². The number of hydrogen-bond acceptors (Lipinski definition) is 5. The second-order valence-corrected chi connectivity index (χ2v) is 5.43. The van der Waals surface area contributed by atoms with Crippen LogP contribution in [0.1, 0.15) is 43.9 Å². The van der Waals surface area contributed by atoms with Crippen molar-refractivity contribution in [2.45, 2.75) is 38.6 Å². The van der Waals surface area contributed by atoms with Gasteiger partial charge in [0.25, 0.3) is 0 Å². The molecule has 2 rings (SSSR count). The Labute approximate surface area is 107 Å². The van der Waals surface area contributed by atoms with Crippen LogP contribution in [0.2, 0.25) is 0 Å². The minimum absolute atomic E-state index is 0.390. The van der Waals surface area contributed by atoms with Crippen LogP contribution in [0.4, 0.5) is 0 Å². The third kappa shape index (κ3) is 3.22. The summed E-state index contributed by atoms with van der Waals surface area (Å²) in [6.07, 6.45) is 6.65. The Kier molecular flexibility index (Phi) is 4.86. The molecule has 1 aliphatic heterocycles. The van der Waals surface area contributed by atoms with Gasteiger partial charge in [-0.05, 0) is 44.4 Å². The van der Waals surface area contributed by atoms with Crippen LogP contribution in [0, 0.1) is 0 Å².